The second-order valence-corrected chi connectivity index (χ2v) is 15.6. The van der Waals surface area contributed by atoms with Crippen molar-refractivity contribution in [3.63, 3.8) is 0 Å². The zero-order valence-corrected chi connectivity index (χ0v) is 23.8. The van der Waals surface area contributed by atoms with Crippen LogP contribution in [-0.2, 0) is 0 Å². The fourth-order valence-corrected chi connectivity index (χ4v) is 9.74. The van der Waals surface area contributed by atoms with Crippen LogP contribution in [0.2, 0.25) is 0 Å². The lowest BCUT2D eigenvalue weighted by atomic mass is 9.43. The Hall–Kier alpha value is 0.400. The summed E-state index contributed by atoms with van der Waals surface area (Å²) in [6, 6.07) is 0. The number of rotatable bonds is 4. The van der Waals surface area contributed by atoms with Gasteiger partial charge in [-0.05, 0) is 135 Å². The Morgan fingerprint density at radius 1 is 1.00 bits per heavy atom. The van der Waals surface area contributed by atoms with Gasteiger partial charge in [-0.15, -0.1) is 0 Å². The highest BCUT2D eigenvalue weighted by Gasteiger charge is 2.63. The normalized spacial score (nSPS) is 44.9. The Morgan fingerprint density at radius 2 is 1.71 bits per heavy atom. The third-order valence-electron chi connectivity index (χ3n) is 11.4. The van der Waals surface area contributed by atoms with Gasteiger partial charge in [-0.2, -0.15) is 0 Å². The van der Waals surface area contributed by atoms with Crippen LogP contribution in [0.5, 0.6) is 0 Å². The van der Waals surface area contributed by atoms with Gasteiger partial charge in [0.15, 0.2) is 0 Å². The predicted molar refractivity (Wildman–Crippen MR) is 139 cm³/mol. The van der Waals surface area contributed by atoms with Crippen molar-refractivity contribution in [3.8, 4) is 0 Å². The molecule has 4 aliphatic carbocycles. The Morgan fingerprint density at radius 3 is 2.39 bits per heavy atom. The van der Waals surface area contributed by atoms with Gasteiger partial charge >= 0.3 is 0 Å². The minimum absolute atomic E-state index is 0.0388. The molecule has 7 atom stereocenters. The van der Waals surface area contributed by atoms with Crippen molar-refractivity contribution < 1.29 is 5.11 Å². The molecule has 176 valence electrons. The van der Waals surface area contributed by atoms with Crippen LogP contribution in [0.3, 0.4) is 0 Å². The molecule has 2 fully saturated rings. The average Bonchev–Trinajstić information content (AvgIpc) is 2.96. The summed E-state index contributed by atoms with van der Waals surface area (Å²) < 4.78 is 1.09. The number of allylic oxidation sites excluding steroid dienone is 3. The SMILES string of the molecule is C[C@H](CCC=C(Br)Br)[C@H]1CC[C@@]2(C)C3=C(CC[C@]12C)[C@@]1(C)CC[C@H](O)C(C)(C)[C@@H]1CC3. The first-order valence-electron chi connectivity index (χ1n) is 12.8. The maximum absolute atomic E-state index is 10.8. The molecule has 0 bridgehead atoms. The van der Waals surface area contributed by atoms with Crippen LogP contribution >= 0.6 is 31.9 Å². The summed E-state index contributed by atoms with van der Waals surface area (Å²) in [7, 11) is 0. The molecule has 31 heavy (non-hydrogen) atoms. The van der Waals surface area contributed by atoms with Crippen molar-refractivity contribution in [3.05, 3.63) is 20.6 Å². The van der Waals surface area contributed by atoms with Gasteiger partial charge in [0.2, 0.25) is 0 Å². The van der Waals surface area contributed by atoms with E-state index in [1.807, 2.05) is 11.1 Å². The Bertz CT molecular complexity index is 778. The van der Waals surface area contributed by atoms with Gasteiger partial charge in [-0.1, -0.05) is 58.8 Å². The molecule has 0 amide bonds. The second-order valence-electron chi connectivity index (χ2n) is 12.8. The van der Waals surface area contributed by atoms with E-state index in [0.717, 1.165) is 28.1 Å². The van der Waals surface area contributed by atoms with Gasteiger partial charge in [-0.3, -0.25) is 0 Å². The Balaban J connectivity index is 1.65. The smallest absolute Gasteiger partial charge is 0.0594 e. The van der Waals surface area contributed by atoms with Crippen LogP contribution in [0.4, 0.5) is 0 Å². The summed E-state index contributed by atoms with van der Waals surface area (Å²) in [5.41, 5.74) is 4.86. The standard InChI is InChI=1S/C28H44Br2O/c1-18(8-7-9-24(29)30)19-12-16-28(6)21-10-11-22-25(2,3)23(31)14-15-26(22,4)20(21)13-17-27(19,28)5/h9,18-19,22-23,31H,7-8,10-17H2,1-6H3/t18-,19-,22+,23+,26-,27-,28+/m1/s1. The van der Waals surface area contributed by atoms with Crippen molar-refractivity contribution in [2.75, 3.05) is 0 Å². The van der Waals surface area contributed by atoms with E-state index >= 15 is 0 Å². The minimum atomic E-state index is -0.137. The highest BCUT2D eigenvalue weighted by Crippen LogP contribution is 2.72. The van der Waals surface area contributed by atoms with E-state index in [1.165, 1.54) is 51.4 Å². The molecule has 1 nitrogen and oxygen atoms in total. The summed E-state index contributed by atoms with van der Waals surface area (Å²) in [4.78, 5) is 0. The first-order valence-corrected chi connectivity index (χ1v) is 14.4. The average molecular weight is 556 g/mol. The molecule has 4 rings (SSSR count). The lowest BCUT2D eigenvalue weighted by Gasteiger charge is -2.62. The summed E-state index contributed by atoms with van der Waals surface area (Å²) in [5.74, 6) is 2.24. The van der Waals surface area contributed by atoms with Gasteiger partial charge in [0, 0.05) is 0 Å². The summed E-state index contributed by atoms with van der Waals surface area (Å²) in [6.07, 6.45) is 14.7. The van der Waals surface area contributed by atoms with Gasteiger partial charge in [-0.25, -0.2) is 0 Å². The maximum Gasteiger partial charge on any atom is 0.0594 e. The van der Waals surface area contributed by atoms with Gasteiger partial charge in [0.25, 0.3) is 0 Å². The lowest BCUT2D eigenvalue weighted by Crippen LogP contribution is -2.55. The summed E-state index contributed by atoms with van der Waals surface area (Å²) in [5, 5.41) is 10.8. The van der Waals surface area contributed by atoms with Crippen LogP contribution in [-0.4, -0.2) is 11.2 Å². The zero-order chi connectivity index (χ0) is 22.8. The van der Waals surface area contributed by atoms with E-state index in [9.17, 15) is 5.11 Å². The highest BCUT2D eigenvalue weighted by molar-refractivity contribution is 9.28. The molecular weight excluding hydrogens is 512 g/mol. The van der Waals surface area contributed by atoms with Crippen molar-refractivity contribution >= 4 is 31.9 Å². The molecule has 2 saturated carbocycles. The predicted octanol–water partition coefficient (Wildman–Crippen LogP) is 9.14. The molecule has 0 heterocycles. The maximum atomic E-state index is 10.8. The number of hydrogen-bond acceptors (Lipinski definition) is 1. The van der Waals surface area contributed by atoms with Crippen LogP contribution in [0.1, 0.15) is 106 Å². The van der Waals surface area contributed by atoms with E-state index < -0.39 is 0 Å². The monoisotopic (exact) mass is 554 g/mol. The quantitative estimate of drug-likeness (QED) is 0.343. The van der Waals surface area contributed by atoms with Crippen molar-refractivity contribution in [2.45, 2.75) is 112 Å². The molecule has 0 aromatic heterocycles. The van der Waals surface area contributed by atoms with E-state index in [4.69, 9.17) is 0 Å². The first-order chi connectivity index (χ1) is 14.4. The zero-order valence-electron chi connectivity index (χ0n) is 20.7. The Labute approximate surface area is 208 Å². The van der Waals surface area contributed by atoms with Gasteiger partial charge < -0.3 is 5.11 Å². The lowest BCUT2D eigenvalue weighted by molar-refractivity contribution is -0.0962. The van der Waals surface area contributed by atoms with Crippen LogP contribution in [0.25, 0.3) is 0 Å². The minimum Gasteiger partial charge on any atom is -0.393 e. The fourth-order valence-electron chi connectivity index (χ4n) is 9.29. The van der Waals surface area contributed by atoms with Gasteiger partial charge in [0.1, 0.15) is 0 Å². The topological polar surface area (TPSA) is 20.2 Å². The van der Waals surface area contributed by atoms with Crippen molar-refractivity contribution in [2.24, 2.45) is 39.4 Å². The Kier molecular flexibility index (Phi) is 6.53. The van der Waals surface area contributed by atoms with Crippen LogP contribution in [0.15, 0.2) is 20.6 Å². The largest absolute Gasteiger partial charge is 0.393 e. The molecular formula is C28H44Br2O. The third kappa shape index (κ3) is 3.61. The molecule has 3 heteroatoms. The number of halogens is 2. The van der Waals surface area contributed by atoms with E-state index in [2.05, 4.69) is 79.5 Å². The molecule has 0 aliphatic heterocycles. The first kappa shape index (κ1) is 24.5. The van der Waals surface area contributed by atoms with E-state index in [0.29, 0.717) is 22.2 Å². The van der Waals surface area contributed by atoms with E-state index in [-0.39, 0.29) is 11.5 Å². The van der Waals surface area contributed by atoms with Crippen molar-refractivity contribution in [1.82, 2.24) is 0 Å². The number of fused-ring (bicyclic) bond motifs is 4. The molecule has 0 aromatic carbocycles. The molecule has 1 N–H and O–H groups in total. The fraction of sp³-hybridized carbons (Fsp3) is 0.857. The second kappa shape index (κ2) is 8.26. The molecule has 4 aliphatic rings. The number of aliphatic hydroxyl groups is 1. The van der Waals surface area contributed by atoms with Crippen molar-refractivity contribution in [1.29, 1.82) is 0 Å². The number of hydrogen-bond donors (Lipinski definition) is 1. The van der Waals surface area contributed by atoms with E-state index in [1.54, 1.807) is 0 Å². The molecule has 0 radical (unpaired) electrons. The summed E-state index contributed by atoms with van der Waals surface area (Å²) >= 11 is 7.04. The third-order valence-corrected chi connectivity index (χ3v) is 12.0. The molecule has 0 unspecified atom stereocenters. The molecule has 0 spiro atoms. The van der Waals surface area contributed by atoms with Gasteiger partial charge in [0.05, 0.1) is 9.50 Å². The molecule has 0 saturated heterocycles. The van der Waals surface area contributed by atoms with Crippen LogP contribution in [0, 0.1) is 39.4 Å². The number of aliphatic hydroxyl groups excluding tert-OH is 1. The summed E-state index contributed by atoms with van der Waals surface area (Å²) in [6.45, 7) is 15.1. The van der Waals surface area contributed by atoms with Crippen LogP contribution < -0.4 is 0 Å². The molecule has 0 aromatic rings. The highest BCUT2D eigenvalue weighted by atomic mass is 79.9.